The molecule has 1 atom stereocenters. The minimum Gasteiger partial charge on any atom is -0.316 e. The molecular weight excluding hydrogens is 258 g/mol. The lowest BCUT2D eigenvalue weighted by atomic mass is 9.73. The molecule has 3 nitrogen and oxygen atoms in total. The molecule has 1 unspecified atom stereocenters. The van der Waals surface area contributed by atoms with Crippen LogP contribution in [0.1, 0.15) is 58.8 Å². The number of likely N-dealkylation sites (N-methyl/N-ethyl adjacent to an activating group) is 1. The van der Waals surface area contributed by atoms with Gasteiger partial charge in [0.2, 0.25) is 0 Å². The first-order valence-corrected chi connectivity index (χ1v) is 9.28. The maximum Gasteiger partial charge on any atom is 0.0195 e. The quantitative estimate of drug-likeness (QED) is 0.760. The first-order chi connectivity index (χ1) is 10.2. The van der Waals surface area contributed by atoms with Crippen molar-refractivity contribution >= 4 is 0 Å². The molecule has 2 rings (SSSR count). The molecule has 124 valence electrons. The van der Waals surface area contributed by atoms with Crippen LogP contribution < -0.4 is 5.32 Å². The summed E-state index contributed by atoms with van der Waals surface area (Å²) in [7, 11) is 2.28. The third-order valence-corrected chi connectivity index (χ3v) is 5.56. The van der Waals surface area contributed by atoms with E-state index in [1.54, 1.807) is 0 Å². The van der Waals surface area contributed by atoms with E-state index in [0.717, 1.165) is 0 Å². The van der Waals surface area contributed by atoms with E-state index in [-0.39, 0.29) is 0 Å². The third-order valence-electron chi connectivity index (χ3n) is 5.56. The highest BCUT2D eigenvalue weighted by Crippen LogP contribution is 2.37. The molecule has 0 bridgehead atoms. The Balaban J connectivity index is 1.96. The van der Waals surface area contributed by atoms with Crippen molar-refractivity contribution in [1.82, 2.24) is 15.1 Å². The zero-order valence-corrected chi connectivity index (χ0v) is 14.7. The summed E-state index contributed by atoms with van der Waals surface area (Å²) in [4.78, 5) is 5.30. The van der Waals surface area contributed by atoms with Crippen LogP contribution in [0, 0.1) is 5.41 Å². The summed E-state index contributed by atoms with van der Waals surface area (Å²) < 4.78 is 0. The second kappa shape index (κ2) is 8.50. The summed E-state index contributed by atoms with van der Waals surface area (Å²) in [6.07, 6.45) is 9.78. The van der Waals surface area contributed by atoms with E-state index in [0.29, 0.717) is 11.5 Å². The Labute approximate surface area is 132 Å². The van der Waals surface area contributed by atoms with E-state index >= 15 is 0 Å². The van der Waals surface area contributed by atoms with E-state index in [1.807, 2.05) is 0 Å². The SMILES string of the molecule is CCCNCC1(CN2CCCN(C)CC2C)CCCCC1. The lowest BCUT2D eigenvalue weighted by Gasteiger charge is -2.43. The largest absolute Gasteiger partial charge is 0.316 e. The predicted octanol–water partition coefficient (Wildman–Crippen LogP) is 2.96. The topological polar surface area (TPSA) is 18.5 Å². The number of hydrogen-bond donors (Lipinski definition) is 1. The van der Waals surface area contributed by atoms with E-state index in [9.17, 15) is 0 Å². The molecule has 21 heavy (non-hydrogen) atoms. The summed E-state index contributed by atoms with van der Waals surface area (Å²) in [5.41, 5.74) is 0.546. The van der Waals surface area contributed by atoms with Gasteiger partial charge in [-0.05, 0) is 64.7 Å². The van der Waals surface area contributed by atoms with Gasteiger partial charge in [-0.25, -0.2) is 0 Å². The van der Waals surface area contributed by atoms with Crippen molar-refractivity contribution in [3.8, 4) is 0 Å². The average Bonchev–Trinajstić information content (AvgIpc) is 2.62. The molecule has 1 aliphatic carbocycles. The van der Waals surface area contributed by atoms with Crippen LogP contribution >= 0.6 is 0 Å². The minimum atomic E-state index is 0.546. The molecule has 0 amide bonds. The van der Waals surface area contributed by atoms with E-state index < -0.39 is 0 Å². The fourth-order valence-electron chi connectivity index (χ4n) is 4.31. The molecule has 2 aliphatic rings. The highest BCUT2D eigenvalue weighted by molar-refractivity contribution is 4.90. The van der Waals surface area contributed by atoms with Crippen LogP contribution in [-0.4, -0.2) is 62.2 Å². The van der Waals surface area contributed by atoms with Gasteiger partial charge < -0.3 is 10.2 Å². The minimum absolute atomic E-state index is 0.546. The Morgan fingerprint density at radius 2 is 1.86 bits per heavy atom. The summed E-state index contributed by atoms with van der Waals surface area (Å²) in [6, 6.07) is 0.711. The lowest BCUT2D eigenvalue weighted by molar-refractivity contribution is 0.0801. The second-order valence-electron chi connectivity index (χ2n) is 7.67. The van der Waals surface area contributed by atoms with Gasteiger partial charge in [-0.3, -0.25) is 4.90 Å². The first kappa shape index (κ1) is 17.2. The molecule has 1 saturated heterocycles. The van der Waals surface area contributed by atoms with Crippen molar-refractivity contribution in [3.63, 3.8) is 0 Å². The monoisotopic (exact) mass is 295 g/mol. The molecule has 0 aromatic rings. The number of nitrogens with one attached hydrogen (secondary N) is 1. The number of rotatable bonds is 6. The standard InChI is InChI=1S/C18H37N3/c1-4-11-19-15-18(9-6-5-7-10-18)16-21-13-8-12-20(3)14-17(21)2/h17,19H,4-16H2,1-3H3. The number of nitrogens with zero attached hydrogens (tertiary/aromatic N) is 2. The van der Waals surface area contributed by atoms with Gasteiger partial charge in [0.25, 0.3) is 0 Å². The Hall–Kier alpha value is -0.120. The van der Waals surface area contributed by atoms with Gasteiger partial charge in [0, 0.05) is 25.7 Å². The third kappa shape index (κ3) is 5.22. The van der Waals surface area contributed by atoms with Crippen LogP contribution in [-0.2, 0) is 0 Å². The maximum atomic E-state index is 3.74. The predicted molar refractivity (Wildman–Crippen MR) is 91.8 cm³/mol. The van der Waals surface area contributed by atoms with Gasteiger partial charge in [0.15, 0.2) is 0 Å². The lowest BCUT2D eigenvalue weighted by Crippen LogP contribution is -2.49. The summed E-state index contributed by atoms with van der Waals surface area (Å²) in [6.45, 7) is 12.2. The zero-order valence-electron chi connectivity index (χ0n) is 14.7. The normalized spacial score (nSPS) is 28.4. The molecule has 1 aliphatic heterocycles. The van der Waals surface area contributed by atoms with Gasteiger partial charge >= 0.3 is 0 Å². The molecular formula is C18H37N3. The molecule has 0 aromatic heterocycles. The number of hydrogen-bond acceptors (Lipinski definition) is 3. The molecule has 1 N–H and O–H groups in total. The molecule has 0 aromatic carbocycles. The van der Waals surface area contributed by atoms with Gasteiger partial charge in [-0.1, -0.05) is 26.2 Å². The smallest absolute Gasteiger partial charge is 0.0195 e. The van der Waals surface area contributed by atoms with E-state index in [1.165, 1.54) is 84.2 Å². The molecule has 2 fully saturated rings. The summed E-state index contributed by atoms with van der Waals surface area (Å²) in [5, 5.41) is 3.74. The van der Waals surface area contributed by atoms with Crippen LogP contribution in [0.2, 0.25) is 0 Å². The highest BCUT2D eigenvalue weighted by atomic mass is 15.2. The fraction of sp³-hybridized carbons (Fsp3) is 1.00. The molecule has 0 spiro atoms. The van der Waals surface area contributed by atoms with E-state index in [4.69, 9.17) is 0 Å². The second-order valence-corrected chi connectivity index (χ2v) is 7.67. The van der Waals surface area contributed by atoms with Gasteiger partial charge in [0.1, 0.15) is 0 Å². The van der Waals surface area contributed by atoms with Crippen molar-refractivity contribution in [1.29, 1.82) is 0 Å². The van der Waals surface area contributed by atoms with Crippen LogP contribution in [0.3, 0.4) is 0 Å². The van der Waals surface area contributed by atoms with Crippen molar-refractivity contribution in [2.75, 3.05) is 46.3 Å². The molecule has 1 saturated carbocycles. The van der Waals surface area contributed by atoms with Crippen LogP contribution in [0.15, 0.2) is 0 Å². The van der Waals surface area contributed by atoms with Crippen molar-refractivity contribution in [3.05, 3.63) is 0 Å². The Bertz CT molecular complexity index is 286. The first-order valence-electron chi connectivity index (χ1n) is 9.28. The summed E-state index contributed by atoms with van der Waals surface area (Å²) >= 11 is 0. The Morgan fingerprint density at radius 3 is 2.57 bits per heavy atom. The Morgan fingerprint density at radius 1 is 1.10 bits per heavy atom. The Kier molecular flexibility index (Phi) is 6.97. The summed E-state index contributed by atoms with van der Waals surface area (Å²) in [5.74, 6) is 0. The van der Waals surface area contributed by atoms with E-state index in [2.05, 4.69) is 36.0 Å². The molecule has 3 heteroatoms. The van der Waals surface area contributed by atoms with Crippen LogP contribution in [0.25, 0.3) is 0 Å². The highest BCUT2D eigenvalue weighted by Gasteiger charge is 2.35. The van der Waals surface area contributed by atoms with Crippen LogP contribution in [0.5, 0.6) is 0 Å². The molecule has 1 heterocycles. The maximum absolute atomic E-state index is 3.74. The average molecular weight is 296 g/mol. The molecule has 0 radical (unpaired) electrons. The van der Waals surface area contributed by atoms with Gasteiger partial charge in [-0.15, -0.1) is 0 Å². The van der Waals surface area contributed by atoms with Crippen molar-refractivity contribution < 1.29 is 0 Å². The van der Waals surface area contributed by atoms with Crippen LogP contribution in [0.4, 0.5) is 0 Å². The fourth-order valence-corrected chi connectivity index (χ4v) is 4.31. The van der Waals surface area contributed by atoms with Gasteiger partial charge in [0.05, 0.1) is 0 Å². The van der Waals surface area contributed by atoms with Gasteiger partial charge in [-0.2, -0.15) is 0 Å². The van der Waals surface area contributed by atoms with Crippen molar-refractivity contribution in [2.45, 2.75) is 64.8 Å². The zero-order chi connectivity index (χ0) is 15.1. The van der Waals surface area contributed by atoms with Crippen molar-refractivity contribution in [2.24, 2.45) is 5.41 Å².